The summed E-state index contributed by atoms with van der Waals surface area (Å²) >= 11 is 6.03. The molecule has 0 radical (unpaired) electrons. The Morgan fingerprint density at radius 1 is 1.08 bits per heavy atom. The smallest absolute Gasteiger partial charge is 0.318 e. The van der Waals surface area contributed by atoms with Gasteiger partial charge < -0.3 is 11.1 Å². The Morgan fingerprint density at radius 3 is 2.31 bits per heavy atom. The first-order valence-electron chi connectivity index (χ1n) is 7.78. The third-order valence-electron chi connectivity index (χ3n) is 3.59. The molecule has 0 fully saturated rings. The summed E-state index contributed by atoms with van der Waals surface area (Å²) in [6.45, 7) is -0.100. The van der Waals surface area contributed by atoms with Gasteiger partial charge in [0.25, 0.3) is 0 Å². The van der Waals surface area contributed by atoms with Crippen LogP contribution >= 0.6 is 11.6 Å². The van der Waals surface area contributed by atoms with Crippen molar-refractivity contribution in [3.05, 3.63) is 65.2 Å². The van der Waals surface area contributed by atoms with E-state index in [1.54, 1.807) is 61.6 Å². The van der Waals surface area contributed by atoms with E-state index in [0.29, 0.717) is 16.3 Å². The maximum atomic E-state index is 12.4. The first kappa shape index (κ1) is 19.4. The average molecular weight is 375 g/mol. The highest BCUT2D eigenvalue weighted by Crippen LogP contribution is 2.22. The molecule has 7 nitrogen and oxygen atoms in total. The molecule has 0 heterocycles. The van der Waals surface area contributed by atoms with Crippen LogP contribution in [0.5, 0.6) is 0 Å². The Labute approximate surface area is 156 Å². The van der Waals surface area contributed by atoms with Crippen LogP contribution in [-0.4, -0.2) is 36.3 Å². The number of hydrogen-bond acceptors (Lipinski definition) is 4. The van der Waals surface area contributed by atoms with Crippen LogP contribution in [0.1, 0.15) is 11.6 Å². The summed E-state index contributed by atoms with van der Waals surface area (Å²) in [5.41, 5.74) is 6.15. The van der Waals surface area contributed by atoms with Crippen molar-refractivity contribution in [3.8, 4) is 0 Å². The molecule has 0 aliphatic carbocycles. The molecule has 2 aromatic carbocycles. The number of amides is 4. The monoisotopic (exact) mass is 374 g/mol. The summed E-state index contributed by atoms with van der Waals surface area (Å²) < 4.78 is 0. The van der Waals surface area contributed by atoms with Crippen molar-refractivity contribution in [1.29, 1.82) is 0 Å². The van der Waals surface area contributed by atoms with Gasteiger partial charge in [0.2, 0.25) is 11.8 Å². The van der Waals surface area contributed by atoms with Crippen LogP contribution in [0.25, 0.3) is 0 Å². The molecule has 0 saturated heterocycles. The first-order chi connectivity index (χ1) is 12.4. The Hall–Kier alpha value is -2.90. The predicted molar refractivity (Wildman–Crippen MR) is 99.6 cm³/mol. The van der Waals surface area contributed by atoms with Gasteiger partial charge in [0.15, 0.2) is 0 Å². The number of anilines is 1. The Bertz CT molecular complexity index is 798. The fraction of sp³-hybridized carbons (Fsp3) is 0.167. The lowest BCUT2D eigenvalue weighted by Crippen LogP contribution is -2.45. The van der Waals surface area contributed by atoms with E-state index in [0.717, 1.165) is 0 Å². The molecule has 2 aromatic rings. The Morgan fingerprint density at radius 2 is 1.69 bits per heavy atom. The molecular weight excluding hydrogens is 356 g/mol. The largest absolute Gasteiger partial charge is 0.351 e. The van der Waals surface area contributed by atoms with Crippen molar-refractivity contribution < 1.29 is 14.4 Å². The maximum absolute atomic E-state index is 12.4. The van der Waals surface area contributed by atoms with Crippen LogP contribution in [0.15, 0.2) is 54.6 Å². The number of likely N-dealkylation sites (N-methyl/N-ethyl adjacent to an activating group) is 1. The van der Waals surface area contributed by atoms with E-state index in [9.17, 15) is 14.4 Å². The van der Waals surface area contributed by atoms with Gasteiger partial charge in [-0.3, -0.25) is 19.8 Å². The zero-order valence-electron chi connectivity index (χ0n) is 14.1. The molecule has 0 saturated carbocycles. The van der Waals surface area contributed by atoms with Crippen molar-refractivity contribution in [2.75, 3.05) is 18.9 Å². The van der Waals surface area contributed by atoms with Gasteiger partial charge in [-0.05, 0) is 24.7 Å². The molecule has 4 N–H and O–H groups in total. The second-order valence-corrected chi connectivity index (χ2v) is 6.02. The number of hydrogen-bond donors (Lipinski definition) is 3. The zero-order valence-corrected chi connectivity index (χ0v) is 14.9. The van der Waals surface area contributed by atoms with Crippen LogP contribution in [0, 0.1) is 0 Å². The van der Waals surface area contributed by atoms with Crippen molar-refractivity contribution in [3.63, 3.8) is 0 Å². The number of nitrogens with two attached hydrogens (primary N) is 1. The summed E-state index contributed by atoms with van der Waals surface area (Å²) in [4.78, 5) is 37.3. The minimum atomic E-state index is -0.954. The van der Waals surface area contributed by atoms with E-state index < -0.39 is 18.0 Å². The fourth-order valence-electron chi connectivity index (χ4n) is 2.50. The highest BCUT2D eigenvalue weighted by Gasteiger charge is 2.27. The van der Waals surface area contributed by atoms with Crippen molar-refractivity contribution >= 4 is 35.1 Å². The van der Waals surface area contributed by atoms with E-state index in [-0.39, 0.29) is 12.5 Å². The molecule has 136 valence electrons. The summed E-state index contributed by atoms with van der Waals surface area (Å²) in [6.07, 6.45) is 0. The van der Waals surface area contributed by atoms with E-state index in [4.69, 9.17) is 17.3 Å². The third kappa shape index (κ3) is 5.30. The van der Waals surface area contributed by atoms with E-state index >= 15 is 0 Å². The fourth-order valence-corrected chi connectivity index (χ4v) is 2.68. The number of benzene rings is 2. The number of nitrogens with one attached hydrogen (secondary N) is 2. The van der Waals surface area contributed by atoms with Crippen LogP contribution in [0.4, 0.5) is 10.5 Å². The number of para-hydroxylation sites is 1. The maximum Gasteiger partial charge on any atom is 0.318 e. The van der Waals surface area contributed by atoms with Gasteiger partial charge in [-0.15, -0.1) is 0 Å². The molecule has 2 rings (SSSR count). The minimum Gasteiger partial charge on any atom is -0.351 e. The summed E-state index contributed by atoms with van der Waals surface area (Å²) in [5, 5.41) is 5.16. The van der Waals surface area contributed by atoms with Crippen LogP contribution in [0.2, 0.25) is 5.02 Å². The normalized spacial score (nSPS) is 11.7. The van der Waals surface area contributed by atoms with Crippen molar-refractivity contribution in [1.82, 2.24) is 10.2 Å². The van der Waals surface area contributed by atoms with E-state index in [1.807, 2.05) is 0 Å². The quantitative estimate of drug-likeness (QED) is 0.720. The van der Waals surface area contributed by atoms with Gasteiger partial charge in [0.1, 0.15) is 6.04 Å². The van der Waals surface area contributed by atoms with Gasteiger partial charge in [0.05, 0.1) is 17.3 Å². The molecule has 0 bridgehead atoms. The number of halogens is 1. The van der Waals surface area contributed by atoms with Crippen LogP contribution in [0.3, 0.4) is 0 Å². The second kappa shape index (κ2) is 8.98. The molecule has 0 aromatic heterocycles. The lowest BCUT2D eigenvalue weighted by Gasteiger charge is -2.26. The van der Waals surface area contributed by atoms with Crippen LogP contribution in [-0.2, 0) is 9.59 Å². The standard InChI is InChI=1S/C18H19ClN4O3/c1-23(11-15(24)21-14-10-6-5-9-13(14)19)16(17(25)22-18(20)26)12-7-3-2-4-8-12/h2-10,16H,11H2,1H3,(H,21,24)(H3,20,22,25,26)/t16-/m1/s1. The van der Waals surface area contributed by atoms with Crippen molar-refractivity contribution in [2.24, 2.45) is 5.73 Å². The lowest BCUT2D eigenvalue weighted by atomic mass is 10.0. The molecule has 0 unspecified atom stereocenters. The average Bonchev–Trinajstić information content (AvgIpc) is 2.57. The SMILES string of the molecule is CN(CC(=O)Nc1ccccc1Cl)[C@@H](C(=O)NC(N)=O)c1ccccc1. The molecule has 1 atom stereocenters. The minimum absolute atomic E-state index is 0.100. The topological polar surface area (TPSA) is 105 Å². The predicted octanol–water partition coefficient (Wildman–Crippen LogP) is 2.15. The van der Waals surface area contributed by atoms with Gasteiger partial charge in [-0.1, -0.05) is 54.1 Å². The number of carbonyl (C=O) groups is 3. The molecule has 0 spiro atoms. The van der Waals surface area contributed by atoms with Gasteiger partial charge in [0, 0.05) is 0 Å². The van der Waals surface area contributed by atoms with Crippen LogP contribution < -0.4 is 16.4 Å². The van der Waals surface area contributed by atoms with Gasteiger partial charge in [-0.25, -0.2) is 4.79 Å². The summed E-state index contributed by atoms with van der Waals surface area (Å²) in [5.74, 6) is -0.967. The number of primary amides is 1. The third-order valence-corrected chi connectivity index (χ3v) is 3.92. The Kier molecular flexibility index (Phi) is 6.71. The summed E-state index contributed by atoms with van der Waals surface area (Å²) in [7, 11) is 1.60. The van der Waals surface area contributed by atoms with E-state index in [1.165, 1.54) is 4.90 Å². The number of carbonyl (C=O) groups excluding carboxylic acids is 3. The highest BCUT2D eigenvalue weighted by atomic mass is 35.5. The lowest BCUT2D eigenvalue weighted by molar-refractivity contribution is -0.126. The number of nitrogens with zero attached hydrogens (tertiary/aromatic N) is 1. The number of urea groups is 1. The molecule has 26 heavy (non-hydrogen) atoms. The second-order valence-electron chi connectivity index (χ2n) is 5.61. The summed E-state index contributed by atoms with van der Waals surface area (Å²) in [6, 6.07) is 13.8. The molecule has 0 aliphatic rings. The first-order valence-corrected chi connectivity index (χ1v) is 8.16. The Balaban J connectivity index is 2.14. The zero-order chi connectivity index (χ0) is 19.1. The van der Waals surface area contributed by atoms with E-state index in [2.05, 4.69) is 10.6 Å². The van der Waals surface area contributed by atoms with Gasteiger partial charge >= 0.3 is 6.03 Å². The molecule has 0 aliphatic heterocycles. The molecule has 4 amide bonds. The van der Waals surface area contributed by atoms with Crippen molar-refractivity contribution in [2.45, 2.75) is 6.04 Å². The number of rotatable bonds is 6. The molecule has 8 heteroatoms. The van der Waals surface area contributed by atoms with Gasteiger partial charge in [-0.2, -0.15) is 0 Å². The number of imide groups is 1. The molecular formula is C18H19ClN4O3. The highest BCUT2D eigenvalue weighted by molar-refractivity contribution is 6.33.